The Balaban J connectivity index is 1.62. The molecule has 35 heavy (non-hydrogen) atoms. The van der Waals surface area contributed by atoms with Gasteiger partial charge in [-0.05, 0) is 74.0 Å². The summed E-state index contributed by atoms with van der Waals surface area (Å²) in [6, 6.07) is 0. The van der Waals surface area contributed by atoms with Crippen molar-refractivity contribution in [3.8, 4) is 0 Å². The van der Waals surface area contributed by atoms with Crippen LogP contribution in [0.25, 0.3) is 0 Å². The van der Waals surface area contributed by atoms with Gasteiger partial charge in [0, 0.05) is 36.5 Å². The number of rotatable bonds is 6. The number of carbonyl (C=O) groups excluding carboxylic acids is 2. The molecular formula is C27H40N2O6. The Hall–Kier alpha value is -2.25. The highest BCUT2D eigenvalue weighted by molar-refractivity contribution is 5.86. The van der Waals surface area contributed by atoms with Crippen LogP contribution in [0, 0.1) is 50.5 Å². The second-order valence-electron chi connectivity index (χ2n) is 11.8. The number of nitro groups is 1. The van der Waals surface area contributed by atoms with Crippen LogP contribution in [0.3, 0.4) is 0 Å². The quantitative estimate of drug-likeness (QED) is 0.125. The summed E-state index contributed by atoms with van der Waals surface area (Å²) in [6.07, 6.45) is 9.18. The molecule has 8 nitrogen and oxygen atoms in total. The third-order valence-electron chi connectivity index (χ3n) is 9.98. The molecule has 0 amide bonds. The van der Waals surface area contributed by atoms with Crippen molar-refractivity contribution in [2.45, 2.75) is 92.1 Å². The molecule has 0 aromatic rings. The first-order valence-electron chi connectivity index (χ1n) is 13.2. The highest BCUT2D eigenvalue weighted by Crippen LogP contribution is 2.67. The van der Waals surface area contributed by atoms with Crippen LogP contribution in [0.5, 0.6) is 0 Å². The van der Waals surface area contributed by atoms with Gasteiger partial charge in [0.05, 0.1) is 5.71 Å². The molecule has 3 fully saturated rings. The van der Waals surface area contributed by atoms with Gasteiger partial charge < -0.3 is 9.57 Å². The fourth-order valence-corrected chi connectivity index (χ4v) is 8.58. The first kappa shape index (κ1) is 25.8. The van der Waals surface area contributed by atoms with Gasteiger partial charge in [0.25, 0.3) is 0 Å². The van der Waals surface area contributed by atoms with Crippen molar-refractivity contribution in [1.82, 2.24) is 0 Å². The lowest BCUT2D eigenvalue weighted by molar-refractivity contribution is -0.489. The van der Waals surface area contributed by atoms with Crippen molar-refractivity contribution in [3.05, 3.63) is 21.8 Å². The van der Waals surface area contributed by atoms with E-state index in [9.17, 15) is 19.7 Å². The summed E-state index contributed by atoms with van der Waals surface area (Å²) in [4.78, 5) is 39.7. The van der Waals surface area contributed by atoms with Crippen LogP contribution in [-0.4, -0.2) is 35.2 Å². The van der Waals surface area contributed by atoms with Gasteiger partial charge in [-0.1, -0.05) is 37.6 Å². The van der Waals surface area contributed by atoms with E-state index in [1.165, 1.54) is 12.5 Å². The molecule has 0 saturated heterocycles. The predicted octanol–water partition coefficient (Wildman–Crippen LogP) is 5.33. The van der Waals surface area contributed by atoms with Gasteiger partial charge in [0.1, 0.15) is 6.10 Å². The third-order valence-corrected chi connectivity index (χ3v) is 9.98. The number of hydrogen-bond acceptors (Lipinski definition) is 7. The molecule has 0 unspecified atom stereocenters. The Kier molecular flexibility index (Phi) is 7.13. The van der Waals surface area contributed by atoms with Crippen molar-refractivity contribution in [2.24, 2.45) is 45.6 Å². The van der Waals surface area contributed by atoms with Crippen LogP contribution in [-0.2, 0) is 19.2 Å². The molecule has 0 bridgehead atoms. The minimum absolute atomic E-state index is 0.0257. The number of allylic oxidation sites excluding steroid dienone is 1. The molecule has 0 N–H and O–H groups in total. The third kappa shape index (κ3) is 4.65. The summed E-state index contributed by atoms with van der Waals surface area (Å²) in [7, 11) is 0. The van der Waals surface area contributed by atoms with Crippen LogP contribution >= 0.6 is 0 Å². The summed E-state index contributed by atoms with van der Waals surface area (Å²) in [6.45, 7) is 9.68. The standard InChI is InChI=1S/C27H40N2O6/c1-6-24(31)35-28-16(2)25-18(15-29(32)33)13-23-21-8-7-19-14-20(34-17(3)30)9-11-26(19,4)22(21)10-12-27(23,25)5/h7,18,20-23,25H,6,8-15H2,1-5H3/b28-16-/t18-,20+,21+,22+,23+,25+,26-,27+/m0/s1. The summed E-state index contributed by atoms with van der Waals surface area (Å²) in [5.74, 6) is 0.589. The number of fused-ring (bicyclic) bond motifs is 5. The maximum Gasteiger partial charge on any atom is 0.334 e. The van der Waals surface area contributed by atoms with Crippen molar-refractivity contribution in [2.75, 3.05) is 6.54 Å². The van der Waals surface area contributed by atoms with E-state index in [-0.39, 0.29) is 58.6 Å². The monoisotopic (exact) mass is 488 g/mol. The Morgan fingerprint density at radius 3 is 2.60 bits per heavy atom. The molecule has 4 rings (SSSR count). The minimum atomic E-state index is -0.388. The lowest BCUT2D eigenvalue weighted by Crippen LogP contribution is -2.51. The number of esters is 1. The number of hydrogen-bond donors (Lipinski definition) is 0. The Morgan fingerprint density at radius 1 is 1.20 bits per heavy atom. The average Bonchev–Trinajstić information content (AvgIpc) is 3.08. The van der Waals surface area contributed by atoms with Gasteiger partial charge in [-0.25, -0.2) is 4.79 Å². The summed E-state index contributed by atoms with van der Waals surface area (Å²) < 4.78 is 5.55. The van der Waals surface area contributed by atoms with Crippen LogP contribution in [0.4, 0.5) is 0 Å². The van der Waals surface area contributed by atoms with Crippen LogP contribution in [0.2, 0.25) is 0 Å². The number of ether oxygens (including phenoxy) is 1. The van der Waals surface area contributed by atoms with Gasteiger partial charge in [-0.15, -0.1) is 0 Å². The molecule has 4 aliphatic rings. The van der Waals surface area contributed by atoms with Crippen LogP contribution in [0.1, 0.15) is 86.0 Å². The Morgan fingerprint density at radius 2 is 1.94 bits per heavy atom. The van der Waals surface area contributed by atoms with Gasteiger partial charge in [-0.2, -0.15) is 0 Å². The predicted molar refractivity (Wildman–Crippen MR) is 131 cm³/mol. The zero-order valence-corrected chi connectivity index (χ0v) is 21.7. The molecule has 0 aromatic heterocycles. The lowest BCUT2D eigenvalue weighted by atomic mass is 9.47. The lowest BCUT2D eigenvalue weighted by Gasteiger charge is -2.58. The normalized spacial score (nSPS) is 40.6. The van der Waals surface area contributed by atoms with Crippen LogP contribution < -0.4 is 0 Å². The van der Waals surface area contributed by atoms with E-state index in [1.807, 2.05) is 6.92 Å². The van der Waals surface area contributed by atoms with E-state index in [4.69, 9.17) is 9.57 Å². The SMILES string of the molecule is CCC(=O)O/N=C(/C)[C@@H]1[C@H](C[N+](=O)[O-])C[C@@H]2[C@@H]3CC=C4C[C@H](OC(C)=O)CC[C@]4(C)[C@@H]3CC[C@]21C. The molecule has 8 heteroatoms. The van der Waals surface area contributed by atoms with Crippen molar-refractivity contribution in [3.63, 3.8) is 0 Å². The molecule has 0 spiro atoms. The Labute approximate surface area is 208 Å². The molecular weight excluding hydrogens is 448 g/mol. The zero-order valence-electron chi connectivity index (χ0n) is 21.7. The smallest absolute Gasteiger partial charge is 0.334 e. The van der Waals surface area contributed by atoms with Crippen molar-refractivity contribution in [1.29, 1.82) is 0 Å². The van der Waals surface area contributed by atoms with Gasteiger partial charge in [0.2, 0.25) is 6.54 Å². The minimum Gasteiger partial charge on any atom is -0.462 e. The molecule has 4 aliphatic carbocycles. The summed E-state index contributed by atoms with van der Waals surface area (Å²) >= 11 is 0. The summed E-state index contributed by atoms with van der Waals surface area (Å²) in [5.41, 5.74) is 2.13. The molecule has 8 atom stereocenters. The van der Waals surface area contributed by atoms with Crippen molar-refractivity contribution < 1.29 is 24.1 Å². The number of nitrogens with zero attached hydrogens (tertiary/aromatic N) is 2. The van der Waals surface area contributed by atoms with E-state index in [2.05, 4.69) is 25.1 Å². The zero-order chi connectivity index (χ0) is 25.5. The number of oxime groups is 1. The molecule has 194 valence electrons. The van der Waals surface area contributed by atoms with E-state index in [0.717, 1.165) is 44.9 Å². The van der Waals surface area contributed by atoms with Gasteiger partial charge >= 0.3 is 11.9 Å². The highest BCUT2D eigenvalue weighted by atomic mass is 16.7. The highest BCUT2D eigenvalue weighted by Gasteiger charge is 2.62. The topological polar surface area (TPSA) is 108 Å². The fraction of sp³-hybridized carbons (Fsp3) is 0.815. The fourth-order valence-electron chi connectivity index (χ4n) is 8.58. The van der Waals surface area contributed by atoms with Crippen LogP contribution in [0.15, 0.2) is 16.8 Å². The van der Waals surface area contributed by atoms with E-state index < -0.39 is 0 Å². The summed E-state index contributed by atoms with van der Waals surface area (Å²) in [5, 5.41) is 15.8. The second-order valence-corrected chi connectivity index (χ2v) is 11.8. The van der Waals surface area contributed by atoms with Crippen molar-refractivity contribution >= 4 is 17.7 Å². The van der Waals surface area contributed by atoms with E-state index in [1.54, 1.807) is 6.92 Å². The van der Waals surface area contributed by atoms with E-state index >= 15 is 0 Å². The second kappa shape index (κ2) is 9.66. The first-order chi connectivity index (χ1) is 16.5. The first-order valence-corrected chi connectivity index (χ1v) is 13.2. The maximum atomic E-state index is 11.7. The molecule has 0 aromatic carbocycles. The molecule has 0 heterocycles. The molecule has 3 saturated carbocycles. The van der Waals surface area contributed by atoms with E-state index in [0.29, 0.717) is 23.5 Å². The van der Waals surface area contributed by atoms with Gasteiger partial charge in [0.15, 0.2) is 0 Å². The molecule has 0 radical (unpaired) electrons. The largest absolute Gasteiger partial charge is 0.462 e. The number of carbonyl (C=O) groups is 2. The molecule has 0 aliphatic heterocycles. The van der Waals surface area contributed by atoms with Gasteiger partial charge in [-0.3, -0.25) is 14.9 Å². The maximum absolute atomic E-state index is 11.7. The average molecular weight is 489 g/mol. The Bertz CT molecular complexity index is 944.